The van der Waals surface area contributed by atoms with Crippen LogP contribution in [0.3, 0.4) is 0 Å². The fourth-order valence-corrected chi connectivity index (χ4v) is 4.11. The highest BCUT2D eigenvalue weighted by Crippen LogP contribution is 2.52. The molecule has 0 aromatic carbocycles. The Kier molecular flexibility index (Phi) is 3.90. The van der Waals surface area contributed by atoms with Crippen molar-refractivity contribution < 1.29 is 27.5 Å². The predicted molar refractivity (Wildman–Crippen MR) is 73.2 cm³/mol. The van der Waals surface area contributed by atoms with Crippen LogP contribution in [-0.2, 0) is 19.6 Å². The van der Waals surface area contributed by atoms with Gasteiger partial charge < -0.3 is 14.3 Å². The summed E-state index contributed by atoms with van der Waals surface area (Å²) >= 11 is 0. The summed E-state index contributed by atoms with van der Waals surface area (Å²) in [4.78, 5) is 11.6. The van der Waals surface area contributed by atoms with Gasteiger partial charge in [0.05, 0.1) is 12.4 Å². The summed E-state index contributed by atoms with van der Waals surface area (Å²) in [7, 11) is -3.97. The zero-order valence-electron chi connectivity index (χ0n) is 12.1. The summed E-state index contributed by atoms with van der Waals surface area (Å²) in [6.45, 7) is 5.62. The monoisotopic (exact) mass is 317 g/mol. The van der Waals surface area contributed by atoms with Gasteiger partial charge in [-0.3, -0.25) is 4.79 Å². The molecule has 0 spiro atoms. The van der Waals surface area contributed by atoms with Crippen LogP contribution in [0, 0.1) is 5.41 Å². The van der Waals surface area contributed by atoms with Crippen LogP contribution in [-0.4, -0.2) is 37.7 Å². The Morgan fingerprint density at radius 3 is 2.67 bits per heavy atom. The van der Waals surface area contributed by atoms with E-state index in [9.17, 15) is 18.3 Å². The number of carboxylic acid groups (broad SMARTS) is 1. The number of hydrogen-bond acceptors (Lipinski definition) is 5. The van der Waals surface area contributed by atoms with Crippen LogP contribution in [0.5, 0.6) is 0 Å². The molecule has 1 heterocycles. The van der Waals surface area contributed by atoms with E-state index in [2.05, 4.69) is 4.72 Å². The smallest absolute Gasteiger partial charge is 0.325 e. The van der Waals surface area contributed by atoms with Crippen molar-refractivity contribution in [1.82, 2.24) is 4.72 Å². The van der Waals surface area contributed by atoms with Crippen molar-refractivity contribution in [2.24, 2.45) is 5.41 Å². The molecule has 0 saturated heterocycles. The lowest BCUT2D eigenvalue weighted by molar-refractivity contribution is -0.188. The van der Waals surface area contributed by atoms with Gasteiger partial charge in [-0.2, -0.15) is 4.72 Å². The Bertz CT molecular complexity index is 621. The molecule has 2 rings (SSSR count). The summed E-state index contributed by atoms with van der Waals surface area (Å²) in [6, 6.07) is 1.27. The molecule has 7 nitrogen and oxygen atoms in total. The molecule has 1 aromatic rings. The normalized spacial score (nSPS) is 28.0. The van der Waals surface area contributed by atoms with E-state index in [-0.39, 0.29) is 17.4 Å². The van der Waals surface area contributed by atoms with Crippen molar-refractivity contribution in [2.75, 3.05) is 6.61 Å². The van der Waals surface area contributed by atoms with Gasteiger partial charge in [-0.15, -0.1) is 0 Å². The molecule has 1 aromatic heterocycles. The second kappa shape index (κ2) is 5.11. The number of rotatable bonds is 6. The second-order valence-electron chi connectivity index (χ2n) is 5.64. The lowest BCUT2D eigenvalue weighted by Gasteiger charge is -2.57. The Morgan fingerprint density at radius 1 is 1.57 bits per heavy atom. The fourth-order valence-electron chi connectivity index (χ4n) is 2.68. The van der Waals surface area contributed by atoms with Gasteiger partial charge in [0.15, 0.2) is 0 Å². The lowest BCUT2D eigenvalue weighted by atomic mass is 9.54. The molecular weight excluding hydrogens is 298 g/mol. The Labute approximate surface area is 123 Å². The van der Waals surface area contributed by atoms with Crippen LogP contribution >= 0.6 is 0 Å². The van der Waals surface area contributed by atoms with Gasteiger partial charge in [0.25, 0.3) is 0 Å². The SMILES string of the molecule is CCOC1CC(NS(=O)(=O)c2ccoc2)(C(=O)O)C1(C)C. The van der Waals surface area contributed by atoms with Gasteiger partial charge in [-0.05, 0) is 13.0 Å². The predicted octanol–water partition coefficient (Wildman–Crippen LogP) is 1.22. The van der Waals surface area contributed by atoms with E-state index in [0.717, 1.165) is 6.26 Å². The van der Waals surface area contributed by atoms with E-state index in [1.54, 1.807) is 13.8 Å². The lowest BCUT2D eigenvalue weighted by Crippen LogP contribution is -2.76. The first kappa shape index (κ1) is 16.0. The van der Waals surface area contributed by atoms with E-state index in [4.69, 9.17) is 9.15 Å². The molecule has 118 valence electrons. The van der Waals surface area contributed by atoms with Gasteiger partial charge in [0.1, 0.15) is 16.7 Å². The quantitative estimate of drug-likeness (QED) is 0.817. The first-order chi connectivity index (χ1) is 9.67. The average Bonchev–Trinajstić information content (AvgIpc) is 2.91. The van der Waals surface area contributed by atoms with Crippen molar-refractivity contribution in [3.8, 4) is 0 Å². The molecule has 0 amide bonds. The number of carboxylic acids is 1. The van der Waals surface area contributed by atoms with Gasteiger partial charge in [0.2, 0.25) is 10.0 Å². The summed E-state index contributed by atoms with van der Waals surface area (Å²) < 4.78 is 37.1. The molecule has 2 unspecified atom stereocenters. The van der Waals surface area contributed by atoms with E-state index in [0.29, 0.717) is 6.61 Å². The number of furan rings is 1. The maximum absolute atomic E-state index is 12.3. The molecular formula is C13H19NO6S. The van der Waals surface area contributed by atoms with Crippen molar-refractivity contribution in [3.63, 3.8) is 0 Å². The zero-order valence-corrected chi connectivity index (χ0v) is 12.9. The molecule has 0 radical (unpaired) electrons. The standard InChI is InChI=1S/C13H19NO6S/c1-4-20-10-7-13(11(15)16,12(10,2)3)14-21(17,18)9-5-6-19-8-9/h5-6,8,10,14H,4,7H2,1-3H3,(H,15,16). The number of ether oxygens (including phenoxy) is 1. The van der Waals surface area contributed by atoms with Crippen molar-refractivity contribution in [1.29, 1.82) is 0 Å². The minimum absolute atomic E-state index is 0.0836. The third kappa shape index (κ3) is 2.37. The van der Waals surface area contributed by atoms with Crippen LogP contribution in [0.4, 0.5) is 0 Å². The fraction of sp³-hybridized carbons (Fsp3) is 0.615. The topological polar surface area (TPSA) is 106 Å². The van der Waals surface area contributed by atoms with Gasteiger partial charge in [-0.1, -0.05) is 13.8 Å². The summed E-state index contributed by atoms with van der Waals surface area (Å²) in [5.74, 6) is -1.21. The van der Waals surface area contributed by atoms with E-state index in [1.165, 1.54) is 12.3 Å². The van der Waals surface area contributed by atoms with Crippen LogP contribution < -0.4 is 4.72 Å². The molecule has 2 N–H and O–H groups in total. The first-order valence-corrected chi connectivity index (χ1v) is 8.07. The number of nitrogens with one attached hydrogen (secondary N) is 1. The largest absolute Gasteiger partial charge is 0.480 e. The Morgan fingerprint density at radius 2 is 2.24 bits per heavy atom. The van der Waals surface area contributed by atoms with E-state index in [1.807, 2.05) is 6.92 Å². The highest BCUT2D eigenvalue weighted by molar-refractivity contribution is 7.89. The summed E-state index contributed by atoms with van der Waals surface area (Å²) in [6.07, 6.45) is 2.05. The minimum atomic E-state index is -3.97. The number of carbonyl (C=O) groups is 1. The van der Waals surface area contributed by atoms with Gasteiger partial charge in [-0.25, -0.2) is 8.42 Å². The van der Waals surface area contributed by atoms with E-state index >= 15 is 0 Å². The Hall–Kier alpha value is -1.38. The molecule has 2 atom stereocenters. The maximum atomic E-state index is 12.3. The number of aliphatic carboxylic acids is 1. The van der Waals surface area contributed by atoms with Crippen LogP contribution in [0.25, 0.3) is 0 Å². The second-order valence-corrected chi connectivity index (χ2v) is 7.33. The maximum Gasteiger partial charge on any atom is 0.325 e. The van der Waals surface area contributed by atoms with Crippen LogP contribution in [0.15, 0.2) is 27.9 Å². The molecule has 0 aliphatic heterocycles. The molecule has 1 saturated carbocycles. The molecule has 0 bridgehead atoms. The third-order valence-corrected chi connectivity index (χ3v) is 5.71. The number of sulfonamides is 1. The van der Waals surface area contributed by atoms with Crippen LogP contribution in [0.2, 0.25) is 0 Å². The number of hydrogen-bond donors (Lipinski definition) is 2. The van der Waals surface area contributed by atoms with E-state index < -0.39 is 26.9 Å². The summed E-state index contributed by atoms with van der Waals surface area (Å²) in [5, 5.41) is 9.56. The minimum Gasteiger partial charge on any atom is -0.480 e. The van der Waals surface area contributed by atoms with Crippen molar-refractivity contribution >= 4 is 16.0 Å². The summed E-state index contributed by atoms with van der Waals surface area (Å²) in [5.41, 5.74) is -2.46. The average molecular weight is 317 g/mol. The Balaban J connectivity index is 2.33. The van der Waals surface area contributed by atoms with Gasteiger partial charge in [0, 0.05) is 18.4 Å². The highest BCUT2D eigenvalue weighted by atomic mass is 32.2. The molecule has 1 aliphatic rings. The molecule has 1 fully saturated rings. The molecule has 8 heteroatoms. The van der Waals surface area contributed by atoms with Crippen molar-refractivity contribution in [3.05, 3.63) is 18.6 Å². The third-order valence-electron chi connectivity index (χ3n) is 4.24. The first-order valence-electron chi connectivity index (χ1n) is 6.58. The van der Waals surface area contributed by atoms with Gasteiger partial charge >= 0.3 is 5.97 Å². The highest BCUT2D eigenvalue weighted by Gasteiger charge is 2.67. The van der Waals surface area contributed by atoms with Crippen LogP contribution in [0.1, 0.15) is 27.2 Å². The molecule has 1 aliphatic carbocycles. The molecule has 21 heavy (non-hydrogen) atoms. The zero-order chi connectivity index (χ0) is 15.9. The van der Waals surface area contributed by atoms with Crippen molar-refractivity contribution in [2.45, 2.75) is 43.7 Å².